The van der Waals surface area contributed by atoms with Crippen molar-refractivity contribution in [1.29, 1.82) is 0 Å². The van der Waals surface area contributed by atoms with Crippen molar-refractivity contribution >= 4 is 0 Å². The van der Waals surface area contributed by atoms with Crippen LogP contribution in [-0.2, 0) is 0 Å². The molecule has 0 saturated heterocycles. The molecule has 0 radical (unpaired) electrons. The molecule has 0 amide bonds. The van der Waals surface area contributed by atoms with Crippen LogP contribution in [0.2, 0.25) is 0 Å². The van der Waals surface area contributed by atoms with Crippen molar-refractivity contribution in [3.05, 3.63) is 12.0 Å². The molecule has 0 aromatic carbocycles. The first-order valence-electron chi connectivity index (χ1n) is 5.68. The Labute approximate surface area is 88.6 Å². The van der Waals surface area contributed by atoms with Crippen LogP contribution in [0.15, 0.2) is 12.0 Å². The second kappa shape index (κ2) is 6.74. The highest BCUT2D eigenvalue weighted by atomic mass is 16.3. The third-order valence-electron chi connectivity index (χ3n) is 2.26. The van der Waals surface area contributed by atoms with Crippen LogP contribution in [0.4, 0.5) is 0 Å². The van der Waals surface area contributed by atoms with Gasteiger partial charge >= 0.3 is 0 Å². The van der Waals surface area contributed by atoms with Gasteiger partial charge in [-0.15, -0.1) is 0 Å². The minimum atomic E-state index is 0.355. The van der Waals surface area contributed by atoms with E-state index in [9.17, 15) is 5.11 Å². The second-order valence-electron chi connectivity index (χ2n) is 4.30. The van der Waals surface area contributed by atoms with Gasteiger partial charge in [-0.1, -0.05) is 13.3 Å². The molecule has 0 spiro atoms. The summed E-state index contributed by atoms with van der Waals surface area (Å²) in [5.74, 6) is 0.434. The molecule has 0 aromatic rings. The zero-order valence-corrected chi connectivity index (χ0v) is 10.2. The summed E-state index contributed by atoms with van der Waals surface area (Å²) in [6.45, 7) is 10.6. The zero-order valence-electron chi connectivity index (χ0n) is 10.2. The summed E-state index contributed by atoms with van der Waals surface area (Å²) in [4.78, 5) is 2.04. The molecule has 2 heteroatoms. The molecule has 1 N–H and O–H groups in total. The predicted molar refractivity (Wildman–Crippen MR) is 62.3 cm³/mol. The first-order valence-corrected chi connectivity index (χ1v) is 5.68. The monoisotopic (exact) mass is 199 g/mol. The first-order chi connectivity index (χ1) is 6.50. The molecule has 0 bridgehead atoms. The molecule has 14 heavy (non-hydrogen) atoms. The van der Waals surface area contributed by atoms with Gasteiger partial charge in [-0.05, 0) is 46.6 Å². The fourth-order valence-corrected chi connectivity index (χ4v) is 1.67. The van der Waals surface area contributed by atoms with Gasteiger partial charge in [-0.25, -0.2) is 0 Å². The number of hydrogen-bond donors (Lipinski definition) is 1. The Kier molecular flexibility index (Phi) is 6.43. The Hall–Kier alpha value is -0.660. The average molecular weight is 199 g/mol. The minimum absolute atomic E-state index is 0.355. The Balaban J connectivity index is 4.28. The van der Waals surface area contributed by atoms with Crippen molar-refractivity contribution in [1.82, 2.24) is 4.90 Å². The molecule has 0 saturated carbocycles. The van der Waals surface area contributed by atoms with Gasteiger partial charge in [-0.2, -0.15) is 0 Å². The summed E-state index contributed by atoms with van der Waals surface area (Å²) in [6, 6.07) is 0.709. The molecule has 0 aliphatic carbocycles. The zero-order chi connectivity index (χ0) is 11.1. The van der Waals surface area contributed by atoms with Crippen LogP contribution in [0.3, 0.4) is 0 Å². The van der Waals surface area contributed by atoms with Crippen LogP contribution in [0, 0.1) is 0 Å². The lowest BCUT2D eigenvalue weighted by Gasteiger charge is -2.31. The molecule has 0 atom stereocenters. The van der Waals surface area contributed by atoms with E-state index in [-0.39, 0.29) is 0 Å². The van der Waals surface area contributed by atoms with Crippen molar-refractivity contribution in [3.63, 3.8) is 0 Å². The van der Waals surface area contributed by atoms with Gasteiger partial charge < -0.3 is 10.0 Å². The lowest BCUT2D eigenvalue weighted by molar-refractivity contribution is 0.133. The number of rotatable bonds is 6. The standard InChI is InChI=1S/C12H25NO/c1-6-7-8-9-12(14)13(10(2)3)11(4)5/h9-11,14H,6-8H2,1-5H3/b12-9+. The van der Waals surface area contributed by atoms with Crippen LogP contribution >= 0.6 is 0 Å². The van der Waals surface area contributed by atoms with Crippen molar-refractivity contribution in [2.24, 2.45) is 0 Å². The summed E-state index contributed by atoms with van der Waals surface area (Å²) < 4.78 is 0. The van der Waals surface area contributed by atoms with Gasteiger partial charge in [0.2, 0.25) is 0 Å². The molecule has 0 aliphatic heterocycles. The summed E-state index contributed by atoms with van der Waals surface area (Å²) in [5, 5.41) is 9.86. The molecular formula is C12H25NO. The highest BCUT2D eigenvalue weighted by molar-refractivity contribution is 4.94. The molecule has 0 fully saturated rings. The topological polar surface area (TPSA) is 23.5 Å². The predicted octanol–water partition coefficient (Wildman–Crippen LogP) is 3.69. The van der Waals surface area contributed by atoms with Crippen LogP contribution < -0.4 is 0 Å². The lowest BCUT2D eigenvalue weighted by atomic mass is 10.2. The Morgan fingerprint density at radius 2 is 1.71 bits per heavy atom. The molecular weight excluding hydrogens is 174 g/mol. The van der Waals surface area contributed by atoms with Crippen molar-refractivity contribution < 1.29 is 5.11 Å². The van der Waals surface area contributed by atoms with E-state index in [0.717, 1.165) is 12.8 Å². The molecule has 0 aromatic heterocycles. The van der Waals surface area contributed by atoms with E-state index < -0.39 is 0 Å². The number of hydrogen-bond acceptors (Lipinski definition) is 2. The smallest absolute Gasteiger partial charge is 0.183 e. The maximum Gasteiger partial charge on any atom is 0.183 e. The van der Waals surface area contributed by atoms with E-state index in [4.69, 9.17) is 0 Å². The Morgan fingerprint density at radius 1 is 1.21 bits per heavy atom. The molecule has 84 valence electrons. The summed E-state index contributed by atoms with van der Waals surface area (Å²) >= 11 is 0. The molecule has 0 aliphatic rings. The van der Waals surface area contributed by atoms with E-state index in [1.165, 1.54) is 6.42 Å². The summed E-state index contributed by atoms with van der Waals surface area (Å²) in [6.07, 6.45) is 5.23. The molecule has 0 heterocycles. The SMILES string of the molecule is CCCC/C=C(/O)N(C(C)C)C(C)C. The lowest BCUT2D eigenvalue weighted by Crippen LogP contribution is -2.36. The summed E-state index contributed by atoms with van der Waals surface area (Å²) in [7, 11) is 0. The Bertz CT molecular complexity index is 165. The molecule has 0 rings (SSSR count). The number of allylic oxidation sites excluding steroid dienone is 1. The third kappa shape index (κ3) is 4.54. The molecule has 2 nitrogen and oxygen atoms in total. The van der Waals surface area contributed by atoms with Gasteiger partial charge in [0, 0.05) is 12.1 Å². The van der Waals surface area contributed by atoms with E-state index >= 15 is 0 Å². The molecule has 0 unspecified atom stereocenters. The average Bonchev–Trinajstić information content (AvgIpc) is 2.03. The maximum atomic E-state index is 9.86. The van der Waals surface area contributed by atoms with Gasteiger partial charge in [0.25, 0.3) is 0 Å². The highest BCUT2D eigenvalue weighted by Crippen LogP contribution is 2.13. The number of nitrogens with zero attached hydrogens (tertiary/aromatic N) is 1. The van der Waals surface area contributed by atoms with Crippen molar-refractivity contribution in [2.45, 2.75) is 66.0 Å². The van der Waals surface area contributed by atoms with E-state index in [2.05, 4.69) is 34.6 Å². The van der Waals surface area contributed by atoms with Crippen molar-refractivity contribution in [2.75, 3.05) is 0 Å². The fraction of sp³-hybridized carbons (Fsp3) is 0.833. The van der Waals surface area contributed by atoms with E-state index in [1.54, 1.807) is 0 Å². The van der Waals surface area contributed by atoms with Gasteiger partial charge in [0.15, 0.2) is 5.88 Å². The van der Waals surface area contributed by atoms with E-state index in [0.29, 0.717) is 18.0 Å². The largest absolute Gasteiger partial charge is 0.495 e. The van der Waals surface area contributed by atoms with Crippen LogP contribution in [-0.4, -0.2) is 22.1 Å². The van der Waals surface area contributed by atoms with E-state index in [1.807, 2.05) is 11.0 Å². The van der Waals surface area contributed by atoms with Crippen LogP contribution in [0.5, 0.6) is 0 Å². The van der Waals surface area contributed by atoms with Crippen LogP contribution in [0.1, 0.15) is 53.9 Å². The Morgan fingerprint density at radius 3 is 2.07 bits per heavy atom. The highest BCUT2D eigenvalue weighted by Gasteiger charge is 2.14. The summed E-state index contributed by atoms with van der Waals surface area (Å²) in [5.41, 5.74) is 0. The van der Waals surface area contributed by atoms with Crippen LogP contribution in [0.25, 0.3) is 0 Å². The number of unbranched alkanes of at least 4 members (excludes halogenated alkanes) is 2. The van der Waals surface area contributed by atoms with Gasteiger partial charge in [0.05, 0.1) is 0 Å². The number of aliphatic hydroxyl groups excluding tert-OH is 1. The van der Waals surface area contributed by atoms with Gasteiger partial charge in [-0.3, -0.25) is 0 Å². The maximum absolute atomic E-state index is 9.86. The fourth-order valence-electron chi connectivity index (χ4n) is 1.67. The van der Waals surface area contributed by atoms with Crippen molar-refractivity contribution in [3.8, 4) is 0 Å². The quantitative estimate of drug-likeness (QED) is 0.521. The van der Waals surface area contributed by atoms with Gasteiger partial charge in [0.1, 0.15) is 0 Å². The first kappa shape index (κ1) is 13.3. The third-order valence-corrected chi connectivity index (χ3v) is 2.26. The normalized spacial score (nSPS) is 12.6. The minimum Gasteiger partial charge on any atom is -0.495 e. The number of aliphatic hydroxyl groups is 1. The second-order valence-corrected chi connectivity index (χ2v) is 4.30.